The predicted octanol–water partition coefficient (Wildman–Crippen LogP) is 3.01. The van der Waals surface area contributed by atoms with E-state index in [-0.39, 0.29) is 0 Å². The highest BCUT2D eigenvalue weighted by Crippen LogP contribution is 2.14. The van der Waals surface area contributed by atoms with Gasteiger partial charge in [-0.05, 0) is 37.1 Å². The van der Waals surface area contributed by atoms with Crippen LogP contribution in [0.5, 0.6) is 0 Å². The molecule has 1 aromatic rings. The van der Waals surface area contributed by atoms with Crippen molar-refractivity contribution in [2.75, 3.05) is 20.3 Å². The molecule has 0 spiro atoms. The molecule has 1 atom stereocenters. The Morgan fingerprint density at radius 2 is 2.25 bits per heavy atom. The van der Waals surface area contributed by atoms with Crippen molar-refractivity contribution in [3.8, 4) is 0 Å². The number of halogens is 1. The van der Waals surface area contributed by atoms with Crippen LogP contribution in [0.3, 0.4) is 0 Å². The van der Waals surface area contributed by atoms with Crippen LogP contribution in [0.2, 0.25) is 0 Å². The van der Waals surface area contributed by atoms with Crippen LogP contribution in [-0.2, 0) is 11.2 Å². The second kappa shape index (κ2) is 7.82. The van der Waals surface area contributed by atoms with Gasteiger partial charge in [0.25, 0.3) is 0 Å². The van der Waals surface area contributed by atoms with E-state index in [0.717, 1.165) is 30.5 Å². The third kappa shape index (κ3) is 5.10. The molecule has 0 fully saturated rings. The van der Waals surface area contributed by atoms with E-state index in [1.165, 1.54) is 5.56 Å². The molecular formula is C13H20BrNO. The molecule has 1 rings (SSSR count). The van der Waals surface area contributed by atoms with Gasteiger partial charge in [0.15, 0.2) is 0 Å². The lowest BCUT2D eigenvalue weighted by Gasteiger charge is -2.17. The van der Waals surface area contributed by atoms with Crippen LogP contribution in [0.4, 0.5) is 0 Å². The quantitative estimate of drug-likeness (QED) is 0.832. The van der Waals surface area contributed by atoms with Gasteiger partial charge in [-0.15, -0.1) is 0 Å². The zero-order chi connectivity index (χ0) is 11.8. The van der Waals surface area contributed by atoms with Gasteiger partial charge in [0.2, 0.25) is 0 Å². The Kier molecular flexibility index (Phi) is 6.69. The molecule has 0 aliphatic heterocycles. The van der Waals surface area contributed by atoms with Crippen molar-refractivity contribution in [3.05, 3.63) is 34.3 Å². The van der Waals surface area contributed by atoms with Crippen molar-refractivity contribution < 1.29 is 4.74 Å². The van der Waals surface area contributed by atoms with E-state index in [1.54, 1.807) is 7.11 Å². The summed E-state index contributed by atoms with van der Waals surface area (Å²) in [6.45, 7) is 3.95. The standard InChI is InChI=1S/C13H20BrNO/c1-3-15-13(7-8-16-2)10-11-5-4-6-12(14)9-11/h4-6,9,13,15H,3,7-8,10H2,1-2H3. The molecule has 1 N–H and O–H groups in total. The summed E-state index contributed by atoms with van der Waals surface area (Å²) in [5.74, 6) is 0. The molecule has 3 heteroatoms. The Balaban J connectivity index is 2.52. The van der Waals surface area contributed by atoms with Crippen LogP contribution in [0.25, 0.3) is 0 Å². The first-order chi connectivity index (χ1) is 7.76. The van der Waals surface area contributed by atoms with Gasteiger partial charge < -0.3 is 10.1 Å². The van der Waals surface area contributed by atoms with Crippen molar-refractivity contribution in [2.24, 2.45) is 0 Å². The number of methoxy groups -OCH3 is 1. The first-order valence-electron chi connectivity index (χ1n) is 5.73. The maximum atomic E-state index is 5.13. The summed E-state index contributed by atoms with van der Waals surface area (Å²) in [6.07, 6.45) is 2.10. The molecular weight excluding hydrogens is 266 g/mol. The lowest BCUT2D eigenvalue weighted by Crippen LogP contribution is -2.32. The van der Waals surface area contributed by atoms with Crippen LogP contribution < -0.4 is 5.32 Å². The van der Waals surface area contributed by atoms with Gasteiger partial charge in [-0.3, -0.25) is 0 Å². The van der Waals surface area contributed by atoms with Gasteiger partial charge in [-0.2, -0.15) is 0 Å². The number of ether oxygens (including phenoxy) is 1. The molecule has 0 radical (unpaired) electrons. The summed E-state index contributed by atoms with van der Waals surface area (Å²) in [5.41, 5.74) is 1.36. The Bertz CT molecular complexity index is 304. The van der Waals surface area contributed by atoms with Gasteiger partial charge in [-0.1, -0.05) is 35.0 Å². The molecule has 0 aromatic heterocycles. The zero-order valence-corrected chi connectivity index (χ0v) is 11.6. The Morgan fingerprint density at radius 3 is 2.88 bits per heavy atom. The largest absolute Gasteiger partial charge is 0.385 e. The average Bonchev–Trinajstić information content (AvgIpc) is 2.26. The van der Waals surface area contributed by atoms with E-state index in [9.17, 15) is 0 Å². The summed E-state index contributed by atoms with van der Waals surface area (Å²) in [4.78, 5) is 0. The molecule has 2 nitrogen and oxygen atoms in total. The Hall–Kier alpha value is -0.380. The third-order valence-corrected chi connectivity index (χ3v) is 3.03. The van der Waals surface area contributed by atoms with Gasteiger partial charge in [0, 0.05) is 24.2 Å². The smallest absolute Gasteiger partial charge is 0.0477 e. The normalized spacial score (nSPS) is 12.7. The number of hydrogen-bond donors (Lipinski definition) is 1. The molecule has 0 saturated carbocycles. The molecule has 1 aromatic carbocycles. The van der Waals surface area contributed by atoms with Crippen molar-refractivity contribution in [1.29, 1.82) is 0 Å². The number of rotatable bonds is 7. The van der Waals surface area contributed by atoms with E-state index < -0.39 is 0 Å². The first-order valence-corrected chi connectivity index (χ1v) is 6.52. The molecule has 0 amide bonds. The molecule has 0 bridgehead atoms. The van der Waals surface area contributed by atoms with Crippen LogP contribution in [0.15, 0.2) is 28.7 Å². The van der Waals surface area contributed by atoms with Gasteiger partial charge in [0.05, 0.1) is 0 Å². The fourth-order valence-electron chi connectivity index (χ4n) is 1.77. The second-order valence-electron chi connectivity index (χ2n) is 3.87. The topological polar surface area (TPSA) is 21.3 Å². The number of likely N-dealkylation sites (N-methyl/N-ethyl adjacent to an activating group) is 1. The number of hydrogen-bond acceptors (Lipinski definition) is 2. The molecule has 90 valence electrons. The Morgan fingerprint density at radius 1 is 1.44 bits per heavy atom. The lowest BCUT2D eigenvalue weighted by molar-refractivity contribution is 0.183. The van der Waals surface area contributed by atoms with E-state index >= 15 is 0 Å². The third-order valence-electron chi connectivity index (χ3n) is 2.53. The fraction of sp³-hybridized carbons (Fsp3) is 0.538. The molecule has 0 aliphatic carbocycles. The van der Waals surface area contributed by atoms with Crippen LogP contribution in [0.1, 0.15) is 18.9 Å². The molecule has 16 heavy (non-hydrogen) atoms. The minimum Gasteiger partial charge on any atom is -0.385 e. The summed E-state index contributed by atoms with van der Waals surface area (Å²) in [5, 5.41) is 3.49. The first kappa shape index (κ1) is 13.7. The maximum Gasteiger partial charge on any atom is 0.0477 e. The van der Waals surface area contributed by atoms with Crippen molar-refractivity contribution in [1.82, 2.24) is 5.32 Å². The fourth-order valence-corrected chi connectivity index (χ4v) is 2.22. The highest BCUT2D eigenvalue weighted by atomic mass is 79.9. The van der Waals surface area contributed by atoms with E-state index in [2.05, 4.69) is 52.4 Å². The summed E-state index contributed by atoms with van der Waals surface area (Å²) in [7, 11) is 1.75. The highest BCUT2D eigenvalue weighted by molar-refractivity contribution is 9.10. The minimum atomic E-state index is 0.499. The Labute approximate surface area is 107 Å². The average molecular weight is 286 g/mol. The summed E-state index contributed by atoms with van der Waals surface area (Å²) in [6, 6.07) is 8.98. The monoisotopic (exact) mass is 285 g/mol. The second-order valence-corrected chi connectivity index (χ2v) is 4.79. The molecule has 1 unspecified atom stereocenters. The molecule has 0 heterocycles. The molecule has 0 aliphatic rings. The number of nitrogens with one attached hydrogen (secondary N) is 1. The van der Waals surface area contributed by atoms with Crippen LogP contribution in [-0.4, -0.2) is 26.3 Å². The highest BCUT2D eigenvalue weighted by Gasteiger charge is 2.08. The van der Waals surface area contributed by atoms with E-state index in [0.29, 0.717) is 6.04 Å². The zero-order valence-electron chi connectivity index (χ0n) is 10.0. The van der Waals surface area contributed by atoms with Gasteiger partial charge in [0.1, 0.15) is 0 Å². The summed E-state index contributed by atoms with van der Waals surface area (Å²) < 4.78 is 6.28. The van der Waals surface area contributed by atoms with Crippen molar-refractivity contribution in [2.45, 2.75) is 25.8 Å². The minimum absolute atomic E-state index is 0.499. The van der Waals surface area contributed by atoms with Gasteiger partial charge in [-0.25, -0.2) is 0 Å². The van der Waals surface area contributed by atoms with Crippen LogP contribution >= 0.6 is 15.9 Å². The van der Waals surface area contributed by atoms with E-state index in [4.69, 9.17) is 4.74 Å². The molecule has 0 saturated heterocycles. The summed E-state index contributed by atoms with van der Waals surface area (Å²) >= 11 is 3.50. The lowest BCUT2D eigenvalue weighted by atomic mass is 10.0. The maximum absolute atomic E-state index is 5.13. The van der Waals surface area contributed by atoms with Crippen molar-refractivity contribution in [3.63, 3.8) is 0 Å². The predicted molar refractivity (Wildman–Crippen MR) is 71.8 cm³/mol. The van der Waals surface area contributed by atoms with E-state index in [1.807, 2.05) is 0 Å². The SMILES string of the molecule is CCNC(CCOC)Cc1cccc(Br)c1. The van der Waals surface area contributed by atoms with Crippen molar-refractivity contribution >= 4 is 15.9 Å². The van der Waals surface area contributed by atoms with Gasteiger partial charge >= 0.3 is 0 Å². The number of benzene rings is 1. The van der Waals surface area contributed by atoms with Crippen LogP contribution in [0, 0.1) is 0 Å².